The number of hydrogen-bond acceptors (Lipinski definition) is 2. The van der Waals surface area contributed by atoms with Crippen LogP contribution in [0.5, 0.6) is 0 Å². The van der Waals surface area contributed by atoms with E-state index in [0.29, 0.717) is 6.04 Å². The molecule has 0 unspecified atom stereocenters. The van der Waals surface area contributed by atoms with Crippen LogP contribution in [0.4, 0.5) is 0 Å². The molecule has 1 heterocycles. The van der Waals surface area contributed by atoms with E-state index >= 15 is 0 Å². The van der Waals surface area contributed by atoms with Crippen LogP contribution < -0.4 is 5.32 Å². The molecule has 0 saturated heterocycles. The minimum atomic E-state index is 0. The van der Waals surface area contributed by atoms with Gasteiger partial charge in [-0.25, -0.2) is 0 Å². The summed E-state index contributed by atoms with van der Waals surface area (Å²) in [6.45, 7) is 7.12. The third kappa shape index (κ3) is 6.87. The van der Waals surface area contributed by atoms with E-state index in [0.717, 1.165) is 30.1 Å². The van der Waals surface area contributed by atoms with Crippen LogP contribution in [0.15, 0.2) is 21.7 Å². The van der Waals surface area contributed by atoms with E-state index in [9.17, 15) is 0 Å². The molecule has 0 atom stereocenters. The van der Waals surface area contributed by atoms with Crippen LogP contribution in [-0.2, 0) is 13.6 Å². The van der Waals surface area contributed by atoms with E-state index in [1.807, 2.05) is 7.05 Å². The van der Waals surface area contributed by atoms with Gasteiger partial charge in [-0.3, -0.25) is 4.99 Å². The molecule has 0 aliphatic carbocycles. The molecule has 0 spiro atoms. The normalized spacial score (nSPS) is 11.8. The van der Waals surface area contributed by atoms with Gasteiger partial charge in [0.15, 0.2) is 5.96 Å². The fourth-order valence-electron chi connectivity index (χ4n) is 2.03. The van der Waals surface area contributed by atoms with Gasteiger partial charge in [-0.15, -0.1) is 24.0 Å². The zero-order chi connectivity index (χ0) is 16.0. The van der Waals surface area contributed by atoms with Gasteiger partial charge in [0.2, 0.25) is 0 Å². The van der Waals surface area contributed by atoms with Crippen molar-refractivity contribution in [1.82, 2.24) is 19.7 Å². The largest absolute Gasteiger partial charge is 0.355 e. The molecule has 1 aromatic heterocycles. The van der Waals surface area contributed by atoms with E-state index in [4.69, 9.17) is 0 Å². The number of aryl methyl sites for hydroxylation is 1. The minimum Gasteiger partial charge on any atom is -0.355 e. The molecule has 22 heavy (non-hydrogen) atoms. The second-order valence-corrected chi connectivity index (χ2v) is 6.58. The lowest BCUT2D eigenvalue weighted by molar-refractivity contribution is 0.276. The average Bonchev–Trinajstić information content (AvgIpc) is 2.72. The van der Waals surface area contributed by atoms with Crippen LogP contribution in [0.2, 0.25) is 0 Å². The summed E-state index contributed by atoms with van der Waals surface area (Å²) in [5.41, 5.74) is 1.24. The minimum absolute atomic E-state index is 0. The van der Waals surface area contributed by atoms with Crippen LogP contribution in [0.3, 0.4) is 0 Å². The number of hydrogen-bond donors (Lipinski definition) is 1. The fraction of sp³-hybridized carbons (Fsp3) is 0.667. The molecular formula is C15H29BrIN5. The molecule has 7 heteroatoms. The summed E-state index contributed by atoms with van der Waals surface area (Å²) in [5.74, 6) is 0.921. The first kappa shape index (κ1) is 21.7. The Balaban J connectivity index is 0.00000441. The zero-order valence-corrected chi connectivity index (χ0v) is 18.3. The van der Waals surface area contributed by atoms with Crippen molar-refractivity contribution in [2.24, 2.45) is 12.0 Å². The lowest BCUT2D eigenvalue weighted by atomic mass is 10.3. The maximum atomic E-state index is 4.35. The predicted molar refractivity (Wildman–Crippen MR) is 109 cm³/mol. The second kappa shape index (κ2) is 10.5. The number of aromatic nitrogens is 1. The fourth-order valence-corrected chi connectivity index (χ4v) is 2.60. The van der Waals surface area contributed by atoms with Gasteiger partial charge in [0.1, 0.15) is 0 Å². The monoisotopic (exact) mass is 485 g/mol. The second-order valence-electron chi connectivity index (χ2n) is 5.66. The van der Waals surface area contributed by atoms with Crippen molar-refractivity contribution in [1.29, 1.82) is 0 Å². The summed E-state index contributed by atoms with van der Waals surface area (Å²) >= 11 is 3.51. The lowest BCUT2D eigenvalue weighted by Gasteiger charge is -2.25. The third-order valence-electron chi connectivity index (χ3n) is 3.68. The zero-order valence-electron chi connectivity index (χ0n) is 14.4. The van der Waals surface area contributed by atoms with Crippen molar-refractivity contribution in [2.45, 2.75) is 26.4 Å². The Morgan fingerprint density at radius 1 is 1.41 bits per heavy atom. The van der Waals surface area contributed by atoms with Gasteiger partial charge in [0.05, 0.1) is 6.54 Å². The Hall–Kier alpha value is -0.280. The van der Waals surface area contributed by atoms with Crippen molar-refractivity contribution < 1.29 is 0 Å². The number of nitrogens with zero attached hydrogens (tertiary/aromatic N) is 4. The van der Waals surface area contributed by atoms with Crippen LogP contribution in [0.25, 0.3) is 0 Å². The smallest absolute Gasteiger partial charge is 0.193 e. The summed E-state index contributed by atoms with van der Waals surface area (Å²) in [5, 5.41) is 3.41. The van der Waals surface area contributed by atoms with Crippen molar-refractivity contribution in [3.05, 3.63) is 22.4 Å². The van der Waals surface area contributed by atoms with Gasteiger partial charge in [-0.05, 0) is 42.9 Å². The average molecular weight is 486 g/mol. The Morgan fingerprint density at radius 2 is 2.05 bits per heavy atom. The summed E-state index contributed by atoms with van der Waals surface area (Å²) < 4.78 is 3.23. The Bertz CT molecular complexity index is 472. The maximum Gasteiger partial charge on any atom is 0.193 e. The van der Waals surface area contributed by atoms with Gasteiger partial charge in [-0.2, -0.15) is 0 Å². The van der Waals surface area contributed by atoms with E-state index in [1.54, 1.807) is 0 Å². The lowest BCUT2D eigenvalue weighted by Crippen LogP contribution is -2.42. The molecule has 5 nitrogen and oxygen atoms in total. The number of guanidine groups is 1. The number of aliphatic imine (C=N–C) groups is 1. The summed E-state index contributed by atoms with van der Waals surface area (Å²) in [6, 6.07) is 2.70. The molecule has 0 radical (unpaired) electrons. The van der Waals surface area contributed by atoms with Gasteiger partial charge < -0.3 is 19.7 Å². The first-order valence-corrected chi connectivity index (χ1v) is 8.07. The number of likely N-dealkylation sites (N-methyl/N-ethyl adjacent to an activating group) is 1. The molecule has 0 aliphatic rings. The van der Waals surface area contributed by atoms with Gasteiger partial charge in [-0.1, -0.05) is 0 Å². The first-order chi connectivity index (χ1) is 9.85. The number of nitrogens with one attached hydrogen (secondary N) is 1. The molecular weight excluding hydrogens is 457 g/mol. The van der Waals surface area contributed by atoms with Crippen LogP contribution in [0, 0.1) is 0 Å². The van der Waals surface area contributed by atoms with E-state index in [2.05, 4.69) is 87.9 Å². The number of halogens is 2. The Morgan fingerprint density at radius 3 is 2.50 bits per heavy atom. The summed E-state index contributed by atoms with van der Waals surface area (Å²) in [7, 11) is 8.08. The standard InChI is InChI=1S/C15H28BrN5.HI/c1-12(2)19(4)8-7-18-15(17-3)21(6)11-14-9-13(16)10-20(14)5;/h9-10,12H,7-8,11H2,1-6H3,(H,17,18);1H. The van der Waals surface area contributed by atoms with E-state index in [-0.39, 0.29) is 24.0 Å². The highest BCUT2D eigenvalue weighted by molar-refractivity contribution is 14.0. The quantitative estimate of drug-likeness (QED) is 0.382. The van der Waals surface area contributed by atoms with Crippen LogP contribution in [0.1, 0.15) is 19.5 Å². The highest BCUT2D eigenvalue weighted by Crippen LogP contribution is 2.14. The van der Waals surface area contributed by atoms with Gasteiger partial charge in [0, 0.05) is 56.6 Å². The molecule has 1 aromatic rings. The summed E-state index contributed by atoms with van der Waals surface area (Å²) in [6.07, 6.45) is 2.07. The molecule has 0 fully saturated rings. The molecule has 0 aliphatic heterocycles. The van der Waals surface area contributed by atoms with Crippen molar-refractivity contribution in [2.75, 3.05) is 34.2 Å². The Kier molecular flexibility index (Phi) is 10.4. The third-order valence-corrected chi connectivity index (χ3v) is 4.11. The first-order valence-electron chi connectivity index (χ1n) is 7.28. The topological polar surface area (TPSA) is 35.8 Å². The van der Waals surface area contributed by atoms with Gasteiger partial charge >= 0.3 is 0 Å². The maximum absolute atomic E-state index is 4.35. The van der Waals surface area contributed by atoms with Crippen molar-refractivity contribution in [3.8, 4) is 0 Å². The molecule has 1 N–H and O–H groups in total. The Labute approximate surface area is 160 Å². The predicted octanol–water partition coefficient (Wildman–Crippen LogP) is 2.75. The molecule has 0 amide bonds. The number of rotatable bonds is 6. The highest BCUT2D eigenvalue weighted by Gasteiger charge is 2.10. The van der Waals surface area contributed by atoms with E-state index in [1.165, 1.54) is 5.69 Å². The highest BCUT2D eigenvalue weighted by atomic mass is 127. The van der Waals surface area contributed by atoms with Crippen molar-refractivity contribution in [3.63, 3.8) is 0 Å². The summed E-state index contributed by atoms with van der Waals surface area (Å²) in [4.78, 5) is 8.80. The molecule has 0 saturated carbocycles. The van der Waals surface area contributed by atoms with Crippen LogP contribution in [-0.4, -0.2) is 60.6 Å². The molecule has 0 bridgehead atoms. The van der Waals surface area contributed by atoms with Gasteiger partial charge in [0.25, 0.3) is 0 Å². The van der Waals surface area contributed by atoms with Crippen LogP contribution >= 0.6 is 39.9 Å². The van der Waals surface area contributed by atoms with E-state index < -0.39 is 0 Å². The SMILES string of the molecule is CN=C(NCCN(C)C(C)C)N(C)Cc1cc(Br)cn1C.I. The molecule has 0 aromatic carbocycles. The van der Waals surface area contributed by atoms with Crippen molar-refractivity contribution >= 4 is 45.9 Å². The molecule has 1 rings (SSSR count). The molecule has 128 valence electrons.